The number of carbonyl (C=O) groups is 2. The van der Waals surface area contributed by atoms with Crippen molar-refractivity contribution in [2.75, 3.05) is 13.2 Å². The van der Waals surface area contributed by atoms with Crippen LogP contribution >= 0.6 is 17.7 Å². The van der Waals surface area contributed by atoms with Crippen molar-refractivity contribution in [3.8, 4) is 0 Å². The number of nitrogens with one attached hydrogen (secondary N) is 2. The van der Waals surface area contributed by atoms with Gasteiger partial charge in [-0.15, -0.1) is 0 Å². The van der Waals surface area contributed by atoms with Crippen molar-refractivity contribution in [2.45, 2.75) is 11.9 Å². The zero-order valence-electron chi connectivity index (χ0n) is 7.44. The molecule has 9 heteroatoms. The van der Waals surface area contributed by atoms with E-state index in [2.05, 4.69) is 10.6 Å². The zero-order valence-corrected chi connectivity index (χ0v) is 9.09. The molecule has 7 nitrogen and oxygen atoms in total. The van der Waals surface area contributed by atoms with Crippen LogP contribution < -0.4 is 10.6 Å². The van der Waals surface area contributed by atoms with Crippen molar-refractivity contribution in [3.05, 3.63) is 0 Å². The van der Waals surface area contributed by atoms with Gasteiger partial charge in [0.05, 0.1) is 0 Å². The summed E-state index contributed by atoms with van der Waals surface area (Å²) in [6, 6.07) is 0. The van der Waals surface area contributed by atoms with E-state index in [-0.39, 0.29) is 13.2 Å². The minimum Gasteiger partial charge on any atom is -0.340 e. The Morgan fingerprint density at radius 1 is 1.13 bits per heavy atom. The second kappa shape index (κ2) is 3.75. The predicted molar refractivity (Wildman–Crippen MR) is 49.2 cm³/mol. The van der Waals surface area contributed by atoms with Crippen LogP contribution in [0.25, 0.3) is 0 Å². The zero-order chi connectivity index (χ0) is 11.1. The number of amides is 2. The quantitative estimate of drug-likeness (QED) is 0.640. The monoisotopic (exact) mass is 254 g/mol. The number of carbonyl (C=O) groups excluding carboxylic acids is 2. The highest BCUT2D eigenvalue weighted by molar-refractivity contribution is 7.90. The molecule has 2 unspecified atom stereocenters. The predicted octanol–water partition coefficient (Wildman–Crippen LogP) is -0.637. The lowest BCUT2D eigenvalue weighted by Gasteiger charge is -2.21. The van der Waals surface area contributed by atoms with E-state index in [1.165, 1.54) is 0 Å². The molecule has 0 aromatic carbocycles. The topological polar surface area (TPSA) is 93.7 Å². The summed E-state index contributed by atoms with van der Waals surface area (Å²) in [5.41, 5.74) is 0. The first-order valence-corrected chi connectivity index (χ1v) is 6.86. The van der Waals surface area contributed by atoms with E-state index in [1.54, 1.807) is 0 Å². The van der Waals surface area contributed by atoms with Crippen LogP contribution in [0.2, 0.25) is 0 Å². The Bertz CT molecular complexity index is 331. The van der Waals surface area contributed by atoms with E-state index in [1.807, 2.05) is 0 Å². The number of rotatable bonds is 2. The number of halogens is 1. The van der Waals surface area contributed by atoms with Crippen LogP contribution in [0.4, 0.5) is 0 Å². The fourth-order valence-electron chi connectivity index (χ4n) is 1.25. The first-order valence-electron chi connectivity index (χ1n) is 4.11. The van der Waals surface area contributed by atoms with Gasteiger partial charge in [-0.3, -0.25) is 14.2 Å². The molecule has 0 saturated carbocycles. The van der Waals surface area contributed by atoms with Gasteiger partial charge in [-0.1, -0.05) is 0 Å². The summed E-state index contributed by atoms with van der Waals surface area (Å²) in [6.07, 6.45) is 0. The van der Waals surface area contributed by atoms with Crippen LogP contribution in [0, 0.1) is 0 Å². The molecule has 15 heavy (non-hydrogen) atoms. The summed E-state index contributed by atoms with van der Waals surface area (Å²) in [6.45, 7) is -3.88. The van der Waals surface area contributed by atoms with Gasteiger partial charge in [-0.2, -0.15) is 0 Å². The van der Waals surface area contributed by atoms with Gasteiger partial charge in [0.15, 0.2) is 0 Å². The maximum atomic E-state index is 12.0. The molecule has 2 aliphatic rings. The van der Waals surface area contributed by atoms with Gasteiger partial charge in [0.2, 0.25) is 23.8 Å². The molecule has 0 aromatic heterocycles. The van der Waals surface area contributed by atoms with E-state index < -0.39 is 30.2 Å². The van der Waals surface area contributed by atoms with E-state index in [9.17, 15) is 14.2 Å². The molecule has 0 radical (unpaired) electrons. The third kappa shape index (κ3) is 2.01. The lowest BCUT2D eigenvalue weighted by molar-refractivity contribution is -0.120. The summed E-state index contributed by atoms with van der Waals surface area (Å²) in [5, 5.41) is 4.60. The van der Waals surface area contributed by atoms with Crippen molar-refractivity contribution in [3.63, 3.8) is 0 Å². The van der Waals surface area contributed by atoms with Crippen molar-refractivity contribution < 1.29 is 23.6 Å². The lowest BCUT2D eigenvalue weighted by Crippen LogP contribution is -2.33. The van der Waals surface area contributed by atoms with Crippen molar-refractivity contribution >= 4 is 29.5 Å². The van der Waals surface area contributed by atoms with E-state index in [4.69, 9.17) is 20.7 Å². The lowest BCUT2D eigenvalue weighted by atomic mass is 10.7. The molecule has 2 N–H and O–H groups in total. The molecule has 2 rings (SSSR count). The van der Waals surface area contributed by atoms with Gasteiger partial charge in [0.25, 0.3) is 6.49 Å². The normalized spacial score (nSPS) is 34.7. The first kappa shape index (κ1) is 10.9. The first-order chi connectivity index (χ1) is 7.00. The molecule has 2 amide bonds. The Kier molecular flexibility index (Phi) is 2.72. The molecule has 2 fully saturated rings. The number of hydrogen-bond donors (Lipinski definition) is 2. The molecule has 2 aliphatic heterocycles. The van der Waals surface area contributed by atoms with Gasteiger partial charge in [0, 0.05) is 0 Å². The molecule has 0 bridgehead atoms. The smallest absolute Gasteiger partial charge is 0.263 e. The van der Waals surface area contributed by atoms with E-state index in [0.29, 0.717) is 0 Å². The largest absolute Gasteiger partial charge is 0.340 e. The van der Waals surface area contributed by atoms with Gasteiger partial charge >= 0.3 is 0 Å². The molecule has 0 aliphatic carbocycles. The van der Waals surface area contributed by atoms with Crippen LogP contribution in [-0.4, -0.2) is 37.0 Å². The average Bonchev–Trinajstić information content (AvgIpc) is 2.74. The standard InChI is InChI=1S/C6H8ClN2O5P/c7-15(12,5-8-3(10)1-13-5)6-9-4(11)2-14-6/h5-6H,1-2H2,(H,8,10)(H,9,11). The third-order valence-electron chi connectivity index (χ3n) is 1.95. The molecule has 0 aromatic rings. The fourth-order valence-corrected chi connectivity index (χ4v) is 3.33. The van der Waals surface area contributed by atoms with Crippen LogP contribution in [0.15, 0.2) is 0 Å². The molecule has 84 valence electrons. The Labute approximate surface area is 89.6 Å². The minimum atomic E-state index is -3.50. The SMILES string of the molecule is O=C1COC(P(=O)(Cl)C2NC(=O)CO2)N1. The summed E-state index contributed by atoms with van der Waals surface area (Å²) in [7, 11) is 0. The summed E-state index contributed by atoms with van der Waals surface area (Å²) >= 11 is 5.76. The Balaban J connectivity index is 2.09. The molecule has 2 atom stereocenters. The molecule has 0 spiro atoms. The highest BCUT2D eigenvalue weighted by Gasteiger charge is 2.47. The second-order valence-corrected chi connectivity index (χ2v) is 6.86. The van der Waals surface area contributed by atoms with Gasteiger partial charge in [-0.25, -0.2) is 0 Å². The molecular formula is C6H8ClN2O5P. The Hall–Kier alpha value is -0.620. The number of ether oxygens (including phenoxy) is 2. The van der Waals surface area contributed by atoms with E-state index in [0.717, 1.165) is 0 Å². The van der Waals surface area contributed by atoms with Gasteiger partial charge in [-0.05, 0) is 11.2 Å². The second-order valence-electron chi connectivity index (χ2n) is 3.09. The maximum Gasteiger partial charge on any atom is 0.263 e. The Morgan fingerprint density at radius 2 is 1.53 bits per heavy atom. The molecule has 2 heterocycles. The third-order valence-corrected chi connectivity index (χ3v) is 4.85. The van der Waals surface area contributed by atoms with Crippen molar-refractivity contribution in [1.29, 1.82) is 0 Å². The van der Waals surface area contributed by atoms with Crippen LogP contribution in [-0.2, 0) is 23.6 Å². The van der Waals surface area contributed by atoms with Crippen LogP contribution in [0.3, 0.4) is 0 Å². The summed E-state index contributed by atoms with van der Waals surface area (Å²) < 4.78 is 21.8. The van der Waals surface area contributed by atoms with Crippen LogP contribution in [0.5, 0.6) is 0 Å². The van der Waals surface area contributed by atoms with Crippen molar-refractivity contribution in [1.82, 2.24) is 10.6 Å². The molecule has 2 saturated heterocycles. The van der Waals surface area contributed by atoms with Gasteiger partial charge in [0.1, 0.15) is 13.2 Å². The summed E-state index contributed by atoms with van der Waals surface area (Å²) in [4.78, 5) is 21.7. The maximum absolute atomic E-state index is 12.0. The average molecular weight is 255 g/mol. The highest BCUT2D eigenvalue weighted by atomic mass is 35.7. The van der Waals surface area contributed by atoms with Crippen molar-refractivity contribution in [2.24, 2.45) is 0 Å². The summed E-state index contributed by atoms with van der Waals surface area (Å²) in [5.74, 6) is -3.00. The highest BCUT2D eigenvalue weighted by Crippen LogP contribution is 2.60. The van der Waals surface area contributed by atoms with E-state index >= 15 is 0 Å². The van der Waals surface area contributed by atoms with Gasteiger partial charge < -0.3 is 20.1 Å². The number of hydrogen-bond acceptors (Lipinski definition) is 5. The fraction of sp³-hybridized carbons (Fsp3) is 0.667. The molecular weight excluding hydrogens is 247 g/mol. The minimum absolute atomic E-state index is 0.192. The van der Waals surface area contributed by atoms with Crippen LogP contribution in [0.1, 0.15) is 0 Å². The Morgan fingerprint density at radius 3 is 1.80 bits per heavy atom.